The van der Waals surface area contributed by atoms with Crippen LogP contribution in [0.4, 0.5) is 0 Å². The van der Waals surface area contributed by atoms with Crippen LogP contribution in [0, 0.1) is 6.92 Å². The number of rotatable bonds is 5. The van der Waals surface area contributed by atoms with Crippen molar-refractivity contribution in [2.45, 2.75) is 13.5 Å². The number of aryl methyl sites for hydroxylation is 1. The van der Waals surface area contributed by atoms with Crippen LogP contribution >= 0.6 is 0 Å². The zero-order chi connectivity index (χ0) is 23.6. The molecular weight excluding hydrogens is 426 g/mol. The molecule has 0 aliphatic heterocycles. The summed E-state index contributed by atoms with van der Waals surface area (Å²) in [6.45, 7) is 2.89. The van der Waals surface area contributed by atoms with Gasteiger partial charge in [-0.2, -0.15) is 0 Å². The second-order valence-electron chi connectivity index (χ2n) is 8.88. The lowest BCUT2D eigenvalue weighted by Gasteiger charge is -2.12. The van der Waals surface area contributed by atoms with E-state index in [1.54, 1.807) is 0 Å². The first-order valence-electron chi connectivity index (χ1n) is 11.9. The van der Waals surface area contributed by atoms with E-state index >= 15 is 0 Å². The summed E-state index contributed by atoms with van der Waals surface area (Å²) in [5.41, 5.74) is 8.77. The van der Waals surface area contributed by atoms with E-state index in [0.29, 0.717) is 0 Å². The molecule has 0 aliphatic rings. The molecule has 0 saturated carbocycles. The van der Waals surface area contributed by atoms with E-state index in [1.165, 1.54) is 16.7 Å². The molecule has 0 saturated heterocycles. The molecule has 0 unspecified atom stereocenters. The molecule has 3 heteroatoms. The molecule has 35 heavy (non-hydrogen) atoms. The van der Waals surface area contributed by atoms with Crippen molar-refractivity contribution in [1.82, 2.24) is 14.8 Å². The Morgan fingerprint density at radius 2 is 1.11 bits per heavy atom. The van der Waals surface area contributed by atoms with Gasteiger partial charge in [0.15, 0.2) is 0 Å². The second kappa shape index (κ2) is 9.03. The zero-order valence-corrected chi connectivity index (χ0v) is 19.6. The first-order valence-corrected chi connectivity index (χ1v) is 11.9. The van der Waals surface area contributed by atoms with Gasteiger partial charge in [0.05, 0.1) is 5.69 Å². The standard InChI is InChI=1S/C32H25N3/c1-23-17-19-27(20-18-23)32-29-28(22-35(32)21-24-11-5-2-6-12-24)30(25-13-7-3-8-14-25)33-34-31(29)26-15-9-4-10-16-26/h2-20,22H,21H2,1H3. The van der Waals surface area contributed by atoms with Crippen LogP contribution in [0.5, 0.6) is 0 Å². The average Bonchev–Trinajstić information content (AvgIpc) is 3.29. The Balaban J connectivity index is 1.70. The van der Waals surface area contributed by atoms with Gasteiger partial charge in [0, 0.05) is 34.6 Å². The number of fused-ring (bicyclic) bond motifs is 1. The number of hydrogen-bond donors (Lipinski definition) is 0. The van der Waals surface area contributed by atoms with Crippen LogP contribution in [0.2, 0.25) is 0 Å². The van der Waals surface area contributed by atoms with Gasteiger partial charge < -0.3 is 4.57 Å². The highest BCUT2D eigenvalue weighted by molar-refractivity contribution is 6.09. The molecular formula is C32H25N3. The van der Waals surface area contributed by atoms with Gasteiger partial charge in [-0.15, -0.1) is 10.2 Å². The maximum atomic E-state index is 4.81. The fraction of sp³-hybridized carbons (Fsp3) is 0.0625. The Bertz CT molecular complexity index is 1580. The van der Waals surface area contributed by atoms with Crippen LogP contribution in [-0.4, -0.2) is 14.8 Å². The lowest BCUT2D eigenvalue weighted by Crippen LogP contribution is -2.00. The van der Waals surface area contributed by atoms with Gasteiger partial charge in [0.1, 0.15) is 11.4 Å². The Kier molecular flexibility index (Phi) is 5.44. The van der Waals surface area contributed by atoms with Crippen molar-refractivity contribution in [3.05, 3.63) is 133 Å². The SMILES string of the molecule is Cc1ccc(-c2c3c(-c4ccccc4)nnc(-c4ccccc4)c3cn2Cc2ccccc2)cc1. The first-order chi connectivity index (χ1) is 17.3. The van der Waals surface area contributed by atoms with E-state index in [4.69, 9.17) is 10.2 Å². The normalized spacial score (nSPS) is 11.1. The highest BCUT2D eigenvalue weighted by atomic mass is 15.1. The van der Waals surface area contributed by atoms with E-state index in [-0.39, 0.29) is 0 Å². The van der Waals surface area contributed by atoms with Crippen LogP contribution in [0.25, 0.3) is 44.5 Å². The van der Waals surface area contributed by atoms with Crippen molar-refractivity contribution >= 4 is 10.8 Å². The maximum absolute atomic E-state index is 4.81. The van der Waals surface area contributed by atoms with Gasteiger partial charge in [-0.3, -0.25) is 0 Å². The van der Waals surface area contributed by atoms with Gasteiger partial charge in [0.2, 0.25) is 0 Å². The lowest BCUT2D eigenvalue weighted by atomic mass is 9.99. The number of nitrogens with zero attached hydrogens (tertiary/aromatic N) is 3. The van der Waals surface area contributed by atoms with Crippen molar-refractivity contribution in [1.29, 1.82) is 0 Å². The molecule has 0 spiro atoms. The van der Waals surface area contributed by atoms with E-state index in [1.807, 2.05) is 12.1 Å². The summed E-state index contributed by atoms with van der Waals surface area (Å²) in [7, 11) is 0. The van der Waals surface area contributed by atoms with Crippen LogP contribution in [0.15, 0.2) is 121 Å². The van der Waals surface area contributed by atoms with Gasteiger partial charge in [-0.05, 0) is 18.1 Å². The molecule has 0 atom stereocenters. The summed E-state index contributed by atoms with van der Waals surface area (Å²) in [5.74, 6) is 0. The van der Waals surface area contributed by atoms with Crippen molar-refractivity contribution in [3.63, 3.8) is 0 Å². The van der Waals surface area contributed by atoms with Gasteiger partial charge in [0.25, 0.3) is 0 Å². The molecule has 3 nitrogen and oxygen atoms in total. The monoisotopic (exact) mass is 451 g/mol. The maximum Gasteiger partial charge on any atom is 0.103 e. The third-order valence-electron chi connectivity index (χ3n) is 6.44. The fourth-order valence-corrected chi connectivity index (χ4v) is 4.71. The van der Waals surface area contributed by atoms with Gasteiger partial charge in [-0.1, -0.05) is 121 Å². The molecule has 0 N–H and O–H groups in total. The minimum absolute atomic E-state index is 0.765. The van der Waals surface area contributed by atoms with Crippen molar-refractivity contribution in [2.75, 3.05) is 0 Å². The summed E-state index contributed by atoms with van der Waals surface area (Å²) in [5, 5.41) is 11.8. The smallest absolute Gasteiger partial charge is 0.103 e. The molecule has 2 aromatic heterocycles. The number of hydrogen-bond acceptors (Lipinski definition) is 2. The predicted octanol–water partition coefficient (Wildman–Crippen LogP) is 7.79. The molecule has 0 radical (unpaired) electrons. The third-order valence-corrected chi connectivity index (χ3v) is 6.44. The van der Waals surface area contributed by atoms with E-state index < -0.39 is 0 Å². The van der Waals surface area contributed by atoms with Crippen molar-refractivity contribution < 1.29 is 0 Å². The Morgan fingerprint density at radius 1 is 0.571 bits per heavy atom. The molecule has 0 aliphatic carbocycles. The van der Waals surface area contributed by atoms with Crippen LogP contribution in [0.3, 0.4) is 0 Å². The van der Waals surface area contributed by atoms with Crippen molar-refractivity contribution in [3.8, 4) is 33.8 Å². The molecule has 4 aromatic carbocycles. The van der Waals surface area contributed by atoms with Gasteiger partial charge >= 0.3 is 0 Å². The Morgan fingerprint density at radius 3 is 1.74 bits per heavy atom. The van der Waals surface area contributed by atoms with E-state index in [2.05, 4.69) is 121 Å². The summed E-state index contributed by atoms with van der Waals surface area (Å²) in [6, 6.07) is 40.1. The molecule has 6 rings (SSSR count). The minimum atomic E-state index is 0.765. The number of aromatic nitrogens is 3. The predicted molar refractivity (Wildman–Crippen MR) is 144 cm³/mol. The Labute approximate surface area is 205 Å². The summed E-state index contributed by atoms with van der Waals surface area (Å²) < 4.78 is 2.35. The molecule has 0 fully saturated rings. The Hall–Kier alpha value is -4.50. The van der Waals surface area contributed by atoms with E-state index in [0.717, 1.165) is 45.5 Å². The van der Waals surface area contributed by atoms with Crippen LogP contribution in [-0.2, 0) is 6.54 Å². The largest absolute Gasteiger partial charge is 0.342 e. The van der Waals surface area contributed by atoms with Crippen LogP contribution < -0.4 is 0 Å². The summed E-state index contributed by atoms with van der Waals surface area (Å²) >= 11 is 0. The zero-order valence-electron chi connectivity index (χ0n) is 19.6. The summed E-state index contributed by atoms with van der Waals surface area (Å²) in [4.78, 5) is 0. The highest BCUT2D eigenvalue weighted by Crippen LogP contribution is 2.40. The number of benzene rings is 4. The molecule has 0 amide bonds. The lowest BCUT2D eigenvalue weighted by molar-refractivity contribution is 0.818. The van der Waals surface area contributed by atoms with Gasteiger partial charge in [-0.25, -0.2) is 0 Å². The second-order valence-corrected chi connectivity index (χ2v) is 8.88. The quantitative estimate of drug-likeness (QED) is 0.268. The fourth-order valence-electron chi connectivity index (χ4n) is 4.71. The average molecular weight is 452 g/mol. The summed E-state index contributed by atoms with van der Waals surface area (Å²) in [6.07, 6.45) is 2.25. The van der Waals surface area contributed by atoms with Crippen LogP contribution in [0.1, 0.15) is 11.1 Å². The minimum Gasteiger partial charge on any atom is -0.342 e. The van der Waals surface area contributed by atoms with Crippen molar-refractivity contribution in [2.24, 2.45) is 0 Å². The topological polar surface area (TPSA) is 30.7 Å². The highest BCUT2D eigenvalue weighted by Gasteiger charge is 2.21. The molecule has 0 bridgehead atoms. The molecule has 168 valence electrons. The third kappa shape index (κ3) is 4.02. The first kappa shape index (κ1) is 21.1. The molecule has 2 heterocycles. The van der Waals surface area contributed by atoms with E-state index in [9.17, 15) is 0 Å². The molecule has 6 aromatic rings.